The van der Waals surface area contributed by atoms with Crippen LogP contribution in [0.4, 0.5) is 15.1 Å². The number of likely N-dealkylation sites (tertiary alicyclic amines) is 1. The van der Waals surface area contributed by atoms with E-state index in [9.17, 15) is 9.90 Å². The number of amides is 1. The number of carbonyl (C=O) groups is 1. The van der Waals surface area contributed by atoms with Crippen LogP contribution in [0.5, 0.6) is 0 Å². The Bertz CT molecular complexity index is 1670. The lowest BCUT2D eigenvalue weighted by molar-refractivity contribution is 0.0204. The van der Waals surface area contributed by atoms with Crippen molar-refractivity contribution in [3.63, 3.8) is 0 Å². The molecule has 0 saturated carbocycles. The van der Waals surface area contributed by atoms with Gasteiger partial charge >= 0.3 is 6.09 Å². The van der Waals surface area contributed by atoms with Crippen molar-refractivity contribution in [2.45, 2.75) is 56.1 Å². The van der Waals surface area contributed by atoms with Crippen LogP contribution in [0.1, 0.15) is 56.4 Å². The first-order chi connectivity index (χ1) is 20.9. The number of fused-ring (bicyclic) bond motifs is 2. The Kier molecular flexibility index (Phi) is 8.28. The van der Waals surface area contributed by atoms with E-state index in [4.69, 9.17) is 26.3 Å². The van der Waals surface area contributed by atoms with Crippen LogP contribution in [-0.2, 0) is 4.74 Å². The molecule has 0 atom stereocenters. The highest BCUT2D eigenvalue weighted by Gasteiger charge is 2.34. The van der Waals surface area contributed by atoms with E-state index in [-0.39, 0.29) is 33.9 Å². The molecule has 3 aliphatic rings. The number of halogens is 2. The fraction of sp³-hybridized carbons (Fsp3) is 0.424. The van der Waals surface area contributed by atoms with Crippen molar-refractivity contribution in [3.05, 3.63) is 69.8 Å². The number of aromatic nitrogens is 2. The standard InChI is InChI=1S/C33H37ClFN5O3S/c1-33(2,3)43-32(42)39-12-10-19(11-13-39)29-23-16-24(34)27(26-15-22(41)14-20-8-6-7-9-25(20)44-26)28(35)30(23)37-31(36-29)40-17-21(18-40)38(4)5/h6-9,14-16,19,21,41H,10-13,17-18H2,1-5H3. The Morgan fingerprint density at radius 1 is 1.14 bits per heavy atom. The smallest absolute Gasteiger partial charge is 0.410 e. The third-order valence-corrected chi connectivity index (χ3v) is 9.71. The zero-order valence-electron chi connectivity index (χ0n) is 25.6. The number of thioether (sulfide) groups is 1. The fourth-order valence-corrected chi connectivity index (χ4v) is 7.25. The molecule has 1 N–H and O–H groups in total. The number of anilines is 1. The molecule has 2 fully saturated rings. The molecule has 0 bridgehead atoms. The lowest BCUT2D eigenvalue weighted by atomic mass is 9.90. The van der Waals surface area contributed by atoms with E-state index in [0.717, 1.165) is 29.2 Å². The van der Waals surface area contributed by atoms with E-state index in [1.807, 2.05) is 59.1 Å². The number of likely N-dealkylation sites (N-methyl/N-ethyl adjacent to an activating group) is 1. The molecule has 44 heavy (non-hydrogen) atoms. The van der Waals surface area contributed by atoms with Gasteiger partial charge in [-0.25, -0.2) is 19.2 Å². The summed E-state index contributed by atoms with van der Waals surface area (Å²) in [6.07, 6.45) is 4.19. The minimum atomic E-state index is -0.570. The Hall–Kier alpha value is -3.34. The van der Waals surface area contributed by atoms with Crippen molar-refractivity contribution >= 4 is 57.3 Å². The van der Waals surface area contributed by atoms with E-state index in [1.54, 1.807) is 23.1 Å². The minimum Gasteiger partial charge on any atom is -0.508 e. The zero-order valence-corrected chi connectivity index (χ0v) is 27.2. The summed E-state index contributed by atoms with van der Waals surface area (Å²) >= 11 is 8.22. The van der Waals surface area contributed by atoms with Crippen molar-refractivity contribution in [1.29, 1.82) is 0 Å². The van der Waals surface area contributed by atoms with Crippen LogP contribution in [0.2, 0.25) is 5.02 Å². The van der Waals surface area contributed by atoms with Gasteiger partial charge in [-0.3, -0.25) is 0 Å². The number of ether oxygens (including phenoxy) is 1. The topological polar surface area (TPSA) is 82.0 Å². The highest BCUT2D eigenvalue weighted by Crippen LogP contribution is 2.45. The van der Waals surface area contributed by atoms with Crippen molar-refractivity contribution in [3.8, 4) is 0 Å². The van der Waals surface area contributed by atoms with Crippen LogP contribution in [0, 0.1) is 5.82 Å². The maximum absolute atomic E-state index is 16.8. The average Bonchev–Trinajstić information content (AvgIpc) is 3.09. The van der Waals surface area contributed by atoms with Crippen LogP contribution in [-0.4, -0.2) is 82.9 Å². The van der Waals surface area contributed by atoms with Gasteiger partial charge in [0.1, 0.15) is 16.9 Å². The van der Waals surface area contributed by atoms with E-state index < -0.39 is 11.4 Å². The van der Waals surface area contributed by atoms with Gasteiger partial charge in [-0.2, -0.15) is 0 Å². The largest absolute Gasteiger partial charge is 0.508 e. The Morgan fingerprint density at radius 3 is 2.52 bits per heavy atom. The second-order valence-corrected chi connectivity index (χ2v) is 14.3. The summed E-state index contributed by atoms with van der Waals surface area (Å²) in [5.41, 5.74) is 1.42. The van der Waals surface area contributed by atoms with Crippen molar-refractivity contribution in [1.82, 2.24) is 19.8 Å². The number of aliphatic hydroxyl groups excluding tert-OH is 1. The number of benzene rings is 2. The lowest BCUT2D eigenvalue weighted by Crippen LogP contribution is -2.58. The first-order valence-electron chi connectivity index (χ1n) is 14.9. The maximum Gasteiger partial charge on any atom is 0.410 e. The molecule has 3 aromatic rings. The summed E-state index contributed by atoms with van der Waals surface area (Å²) < 4.78 is 22.4. The number of aliphatic hydroxyl groups is 1. The number of rotatable bonds is 4. The normalized spacial score (nSPS) is 18.1. The van der Waals surface area contributed by atoms with Gasteiger partial charge in [0.2, 0.25) is 5.95 Å². The molecular weight excluding hydrogens is 601 g/mol. The van der Waals surface area contributed by atoms with Gasteiger partial charge in [0.05, 0.1) is 10.7 Å². The van der Waals surface area contributed by atoms with Gasteiger partial charge in [-0.15, -0.1) is 0 Å². The van der Waals surface area contributed by atoms with Crippen molar-refractivity contribution < 1.29 is 19.0 Å². The second-order valence-electron chi connectivity index (χ2n) is 12.8. The first kappa shape index (κ1) is 30.7. The second kappa shape index (κ2) is 11.9. The predicted octanol–water partition coefficient (Wildman–Crippen LogP) is 7.33. The molecule has 8 nitrogen and oxygen atoms in total. The summed E-state index contributed by atoms with van der Waals surface area (Å²) in [6, 6.07) is 9.76. The third-order valence-electron chi connectivity index (χ3n) is 8.28. The number of piperidine rings is 1. The molecule has 1 amide bonds. The maximum atomic E-state index is 16.8. The summed E-state index contributed by atoms with van der Waals surface area (Å²) in [4.78, 5) is 29.9. The molecule has 11 heteroatoms. The highest BCUT2D eigenvalue weighted by molar-refractivity contribution is 8.08. The number of allylic oxidation sites excluding steroid dienone is 1. The summed E-state index contributed by atoms with van der Waals surface area (Å²) in [5.74, 6) is -0.0539. The third kappa shape index (κ3) is 6.12. The van der Waals surface area contributed by atoms with Crippen molar-refractivity contribution in [2.75, 3.05) is 45.2 Å². The lowest BCUT2D eigenvalue weighted by Gasteiger charge is -2.43. The molecule has 6 rings (SSSR count). The first-order valence-corrected chi connectivity index (χ1v) is 16.1. The quantitative estimate of drug-likeness (QED) is 0.318. The Labute approximate surface area is 266 Å². The van der Waals surface area contributed by atoms with Gasteiger partial charge in [0, 0.05) is 58.9 Å². The van der Waals surface area contributed by atoms with E-state index in [0.29, 0.717) is 48.2 Å². The summed E-state index contributed by atoms with van der Waals surface area (Å²) in [6.45, 7) is 8.08. The molecule has 1 aromatic heterocycles. The molecule has 0 spiro atoms. The van der Waals surface area contributed by atoms with Gasteiger partial charge in [-0.05, 0) is 77.6 Å². The molecule has 2 aromatic carbocycles. The molecule has 2 saturated heterocycles. The van der Waals surface area contributed by atoms with Crippen molar-refractivity contribution in [2.24, 2.45) is 0 Å². The van der Waals surface area contributed by atoms with Crippen LogP contribution >= 0.6 is 23.4 Å². The van der Waals surface area contributed by atoms with E-state index in [2.05, 4.69) is 9.80 Å². The number of hydrogen-bond donors (Lipinski definition) is 1. The molecule has 0 radical (unpaired) electrons. The van der Waals surface area contributed by atoms with Crippen LogP contribution < -0.4 is 4.90 Å². The number of hydrogen-bond acceptors (Lipinski definition) is 8. The number of nitrogens with zero attached hydrogens (tertiary/aromatic N) is 5. The monoisotopic (exact) mass is 637 g/mol. The SMILES string of the molecule is CN(C)C1CN(c2nc(C3CCN(C(=O)OC(C)(C)C)CC3)c3cc(Cl)c(C4=CC(O)=Cc5ccccc5S4)c(F)c3n2)C1. The van der Waals surface area contributed by atoms with E-state index in [1.165, 1.54) is 11.8 Å². The Morgan fingerprint density at radius 2 is 1.84 bits per heavy atom. The molecular formula is C33H37ClFN5O3S. The predicted molar refractivity (Wildman–Crippen MR) is 175 cm³/mol. The Balaban J connectivity index is 1.40. The molecule has 0 unspecified atom stereocenters. The number of carbonyl (C=O) groups excluding carboxylic acids is 1. The molecule has 0 aliphatic carbocycles. The van der Waals surface area contributed by atoms with E-state index >= 15 is 4.39 Å². The molecule has 232 valence electrons. The van der Waals surface area contributed by atoms with Crippen LogP contribution in [0.25, 0.3) is 21.9 Å². The molecule has 4 heterocycles. The van der Waals surface area contributed by atoms with Crippen LogP contribution in [0.3, 0.4) is 0 Å². The zero-order chi connectivity index (χ0) is 31.3. The average molecular weight is 638 g/mol. The van der Waals surface area contributed by atoms with Gasteiger partial charge in [-0.1, -0.05) is 41.6 Å². The highest BCUT2D eigenvalue weighted by atomic mass is 35.5. The van der Waals surface area contributed by atoms with Gasteiger partial charge in [0.15, 0.2) is 5.82 Å². The van der Waals surface area contributed by atoms with Crippen LogP contribution in [0.15, 0.2) is 47.1 Å². The molecule has 3 aliphatic heterocycles. The van der Waals surface area contributed by atoms with Gasteiger partial charge in [0.25, 0.3) is 0 Å². The fourth-order valence-electron chi connectivity index (χ4n) is 5.79. The summed E-state index contributed by atoms with van der Waals surface area (Å²) in [5, 5.41) is 11.5. The van der Waals surface area contributed by atoms with Gasteiger partial charge < -0.3 is 24.5 Å². The summed E-state index contributed by atoms with van der Waals surface area (Å²) in [7, 11) is 4.09. The minimum absolute atomic E-state index is 0.0177.